The zero-order chi connectivity index (χ0) is 17.5. The molecule has 2 aromatic rings. The van der Waals surface area contributed by atoms with Gasteiger partial charge in [0, 0.05) is 18.2 Å². The molecule has 0 radical (unpaired) electrons. The Morgan fingerprint density at radius 1 is 1.38 bits per heavy atom. The molecule has 1 amide bonds. The summed E-state index contributed by atoms with van der Waals surface area (Å²) >= 11 is 1.24. The number of carbonyl (C=O) groups is 1. The Morgan fingerprint density at radius 3 is 2.79 bits per heavy atom. The van der Waals surface area contributed by atoms with Crippen molar-refractivity contribution in [2.45, 2.75) is 18.5 Å². The standard InChI is InChI=1S/C15H14F3N3O2S/c1-8-12-13(24-7-11(22)19-14(12)21(2)20-8)9-5-3-4-6-10(9)23-15(16,17)18/h3-6,13H,7H2,1-2H3,(H,19,22). The summed E-state index contributed by atoms with van der Waals surface area (Å²) in [5.41, 5.74) is 1.69. The maximum atomic E-state index is 12.7. The minimum Gasteiger partial charge on any atom is -0.405 e. The number of nitrogens with zero attached hydrogens (tertiary/aromatic N) is 2. The molecule has 1 aromatic carbocycles. The van der Waals surface area contributed by atoms with E-state index in [0.29, 0.717) is 22.6 Å². The van der Waals surface area contributed by atoms with Gasteiger partial charge in [-0.15, -0.1) is 24.9 Å². The number of halogens is 3. The van der Waals surface area contributed by atoms with Crippen LogP contribution in [0.15, 0.2) is 24.3 Å². The van der Waals surface area contributed by atoms with Crippen molar-refractivity contribution in [2.24, 2.45) is 7.05 Å². The Morgan fingerprint density at radius 2 is 2.08 bits per heavy atom. The van der Waals surface area contributed by atoms with Crippen LogP contribution in [0.25, 0.3) is 0 Å². The highest BCUT2D eigenvalue weighted by Crippen LogP contribution is 2.46. The van der Waals surface area contributed by atoms with E-state index in [2.05, 4.69) is 15.2 Å². The predicted octanol–water partition coefficient (Wildman–Crippen LogP) is 3.40. The van der Waals surface area contributed by atoms with Gasteiger partial charge in [0.25, 0.3) is 0 Å². The van der Waals surface area contributed by atoms with Crippen LogP contribution in [0.3, 0.4) is 0 Å². The molecule has 1 aromatic heterocycles. The van der Waals surface area contributed by atoms with Gasteiger partial charge in [-0.2, -0.15) is 5.10 Å². The summed E-state index contributed by atoms with van der Waals surface area (Å²) in [6.45, 7) is 1.76. The quantitative estimate of drug-likeness (QED) is 0.895. The summed E-state index contributed by atoms with van der Waals surface area (Å²) in [5, 5.41) is 6.54. The van der Waals surface area contributed by atoms with E-state index in [1.54, 1.807) is 26.1 Å². The molecule has 5 nitrogen and oxygen atoms in total. The molecule has 1 N–H and O–H groups in total. The third-order valence-electron chi connectivity index (χ3n) is 3.60. The molecule has 24 heavy (non-hydrogen) atoms. The smallest absolute Gasteiger partial charge is 0.405 e. The number of aryl methyl sites for hydroxylation is 2. The average Bonchev–Trinajstić information content (AvgIpc) is 2.66. The summed E-state index contributed by atoms with van der Waals surface area (Å²) in [4.78, 5) is 11.9. The molecule has 0 saturated carbocycles. The van der Waals surface area contributed by atoms with Gasteiger partial charge in [-0.1, -0.05) is 18.2 Å². The molecule has 1 unspecified atom stereocenters. The Labute approximate surface area is 140 Å². The molecule has 1 atom stereocenters. The zero-order valence-electron chi connectivity index (χ0n) is 12.8. The first-order valence-corrected chi connectivity index (χ1v) is 8.11. The molecule has 2 heterocycles. The van der Waals surface area contributed by atoms with E-state index >= 15 is 0 Å². The second-order valence-electron chi connectivity index (χ2n) is 5.30. The molecule has 0 spiro atoms. The topological polar surface area (TPSA) is 56.2 Å². The van der Waals surface area contributed by atoms with Crippen LogP contribution in [0.2, 0.25) is 0 Å². The van der Waals surface area contributed by atoms with Gasteiger partial charge < -0.3 is 10.1 Å². The summed E-state index contributed by atoms with van der Waals surface area (Å²) < 4.78 is 43.8. The monoisotopic (exact) mass is 357 g/mol. The van der Waals surface area contributed by atoms with E-state index in [1.165, 1.54) is 28.6 Å². The van der Waals surface area contributed by atoms with E-state index in [4.69, 9.17) is 0 Å². The molecule has 0 bridgehead atoms. The van der Waals surface area contributed by atoms with Gasteiger partial charge in [0.1, 0.15) is 11.6 Å². The lowest BCUT2D eigenvalue weighted by atomic mass is 10.0. The van der Waals surface area contributed by atoms with Crippen LogP contribution in [0.5, 0.6) is 5.75 Å². The first-order chi connectivity index (χ1) is 11.3. The van der Waals surface area contributed by atoms with Gasteiger partial charge in [-0.25, -0.2) is 0 Å². The number of amides is 1. The van der Waals surface area contributed by atoms with Crippen LogP contribution in [-0.4, -0.2) is 27.8 Å². The minimum absolute atomic E-state index is 0.124. The molecule has 0 saturated heterocycles. The maximum absolute atomic E-state index is 12.7. The number of thioether (sulfide) groups is 1. The van der Waals surface area contributed by atoms with Crippen LogP contribution in [0.4, 0.5) is 19.0 Å². The summed E-state index contributed by atoms with van der Waals surface area (Å²) in [7, 11) is 1.68. The number of ether oxygens (including phenoxy) is 1. The number of rotatable bonds is 2. The lowest BCUT2D eigenvalue weighted by Gasteiger charge is -2.19. The summed E-state index contributed by atoms with van der Waals surface area (Å²) in [6.07, 6.45) is -4.79. The molecule has 128 valence electrons. The number of hydrogen-bond donors (Lipinski definition) is 1. The SMILES string of the molecule is Cc1nn(C)c2c1C(c1ccccc1OC(F)(F)F)SCC(=O)N2. The molecular formula is C15H14F3N3O2S. The van der Waals surface area contributed by atoms with Crippen molar-refractivity contribution in [3.63, 3.8) is 0 Å². The molecule has 1 aliphatic rings. The van der Waals surface area contributed by atoms with E-state index in [9.17, 15) is 18.0 Å². The zero-order valence-corrected chi connectivity index (χ0v) is 13.7. The highest BCUT2D eigenvalue weighted by atomic mass is 32.2. The molecule has 1 aliphatic heterocycles. The fourth-order valence-electron chi connectivity index (χ4n) is 2.71. The third kappa shape index (κ3) is 3.21. The minimum atomic E-state index is -4.79. The average molecular weight is 357 g/mol. The summed E-state index contributed by atoms with van der Waals surface area (Å²) in [5.74, 6) is 0.125. The highest BCUT2D eigenvalue weighted by Gasteiger charge is 2.35. The molecule has 9 heteroatoms. The number of para-hydroxylation sites is 1. The number of hydrogen-bond acceptors (Lipinski definition) is 4. The van der Waals surface area contributed by atoms with Gasteiger partial charge in [-0.3, -0.25) is 9.48 Å². The molecule has 0 fully saturated rings. The normalized spacial score (nSPS) is 17.9. The van der Waals surface area contributed by atoms with Gasteiger partial charge >= 0.3 is 6.36 Å². The van der Waals surface area contributed by atoms with Crippen molar-refractivity contribution in [2.75, 3.05) is 11.1 Å². The van der Waals surface area contributed by atoms with E-state index in [-0.39, 0.29) is 17.4 Å². The summed E-state index contributed by atoms with van der Waals surface area (Å²) in [6, 6.07) is 5.97. The number of anilines is 1. The van der Waals surface area contributed by atoms with Gasteiger partial charge in [-0.05, 0) is 13.0 Å². The molecule has 0 aliphatic carbocycles. The van der Waals surface area contributed by atoms with Gasteiger partial charge in [0.2, 0.25) is 5.91 Å². The van der Waals surface area contributed by atoms with Crippen molar-refractivity contribution in [1.29, 1.82) is 0 Å². The Bertz CT molecular complexity index is 789. The second-order valence-corrected chi connectivity index (χ2v) is 6.39. The lowest BCUT2D eigenvalue weighted by Crippen LogP contribution is -2.18. The van der Waals surface area contributed by atoms with Crippen molar-refractivity contribution in [3.05, 3.63) is 41.1 Å². The number of nitrogens with one attached hydrogen (secondary N) is 1. The fourth-order valence-corrected chi connectivity index (χ4v) is 3.92. The van der Waals surface area contributed by atoms with Crippen molar-refractivity contribution in [1.82, 2.24) is 9.78 Å². The number of carbonyl (C=O) groups excluding carboxylic acids is 1. The van der Waals surface area contributed by atoms with Crippen LogP contribution in [-0.2, 0) is 11.8 Å². The number of fused-ring (bicyclic) bond motifs is 1. The van der Waals surface area contributed by atoms with Crippen LogP contribution < -0.4 is 10.1 Å². The Kier molecular flexibility index (Phi) is 4.20. The van der Waals surface area contributed by atoms with Gasteiger partial charge in [0.15, 0.2) is 0 Å². The van der Waals surface area contributed by atoms with E-state index < -0.39 is 11.6 Å². The lowest BCUT2D eigenvalue weighted by molar-refractivity contribution is -0.274. The number of benzene rings is 1. The van der Waals surface area contributed by atoms with Crippen LogP contribution in [0.1, 0.15) is 22.1 Å². The second kappa shape index (κ2) is 6.04. The number of alkyl halides is 3. The van der Waals surface area contributed by atoms with E-state index in [1.807, 2.05) is 0 Å². The van der Waals surface area contributed by atoms with Crippen LogP contribution >= 0.6 is 11.8 Å². The Balaban J connectivity index is 2.12. The maximum Gasteiger partial charge on any atom is 0.573 e. The first-order valence-electron chi connectivity index (χ1n) is 7.06. The first kappa shape index (κ1) is 16.7. The molecule has 3 rings (SSSR count). The van der Waals surface area contributed by atoms with Crippen molar-refractivity contribution < 1.29 is 22.7 Å². The van der Waals surface area contributed by atoms with Gasteiger partial charge in [0.05, 0.1) is 16.7 Å². The fraction of sp³-hybridized carbons (Fsp3) is 0.333. The van der Waals surface area contributed by atoms with Crippen molar-refractivity contribution >= 4 is 23.5 Å². The third-order valence-corrected chi connectivity index (χ3v) is 4.85. The number of aromatic nitrogens is 2. The molecular weight excluding hydrogens is 343 g/mol. The van der Waals surface area contributed by atoms with E-state index in [0.717, 1.165) is 0 Å². The van der Waals surface area contributed by atoms with Crippen molar-refractivity contribution in [3.8, 4) is 5.75 Å². The Hall–Kier alpha value is -2.16. The predicted molar refractivity (Wildman–Crippen MR) is 84.0 cm³/mol. The van der Waals surface area contributed by atoms with Crippen LogP contribution in [0, 0.1) is 6.92 Å². The largest absolute Gasteiger partial charge is 0.573 e. The highest BCUT2D eigenvalue weighted by molar-refractivity contribution is 8.00.